The van der Waals surface area contributed by atoms with Gasteiger partial charge in [-0.25, -0.2) is 0 Å². The first kappa shape index (κ1) is 16.4. The lowest BCUT2D eigenvalue weighted by molar-refractivity contribution is -0.164. The Morgan fingerprint density at radius 3 is 2.06 bits per heavy atom. The molecule has 1 unspecified atom stereocenters. The average Bonchev–Trinajstić information content (AvgIpc) is 2.28. The molecule has 0 spiro atoms. The van der Waals surface area contributed by atoms with E-state index in [4.69, 9.17) is 4.74 Å². The Kier molecular flexibility index (Phi) is 6.76. The molecule has 102 valence electrons. The summed E-state index contributed by atoms with van der Waals surface area (Å²) in [5, 5.41) is 10.0. The van der Waals surface area contributed by atoms with E-state index in [0.29, 0.717) is 12.5 Å². The van der Waals surface area contributed by atoms with E-state index in [1.807, 2.05) is 13.8 Å². The van der Waals surface area contributed by atoms with Crippen LogP contribution in [0.5, 0.6) is 0 Å². The fourth-order valence-corrected chi connectivity index (χ4v) is 1.86. The Morgan fingerprint density at radius 1 is 1.24 bits per heavy atom. The predicted molar refractivity (Wildman–Crippen MR) is 69.7 cm³/mol. The highest BCUT2D eigenvalue weighted by Gasteiger charge is 2.39. The largest absolute Gasteiger partial charge is 0.465 e. The van der Waals surface area contributed by atoms with Crippen LogP contribution < -0.4 is 0 Å². The molecule has 3 heteroatoms. The number of rotatable bonds is 7. The van der Waals surface area contributed by atoms with Crippen LogP contribution >= 0.6 is 0 Å². The number of aliphatic hydroxyl groups is 1. The zero-order chi connectivity index (χ0) is 13.6. The van der Waals surface area contributed by atoms with E-state index in [0.717, 1.165) is 12.8 Å². The lowest BCUT2D eigenvalue weighted by atomic mass is 9.81. The first-order chi connectivity index (χ1) is 7.77. The lowest BCUT2D eigenvalue weighted by Crippen LogP contribution is -2.42. The van der Waals surface area contributed by atoms with Crippen LogP contribution in [0.1, 0.15) is 54.4 Å². The highest BCUT2D eigenvalue weighted by atomic mass is 16.5. The smallest absolute Gasteiger partial charge is 0.314 e. The summed E-state index contributed by atoms with van der Waals surface area (Å²) in [6.07, 6.45) is 1.35. The van der Waals surface area contributed by atoms with Crippen molar-refractivity contribution in [2.24, 2.45) is 17.3 Å². The van der Waals surface area contributed by atoms with Crippen LogP contribution in [0.15, 0.2) is 0 Å². The van der Waals surface area contributed by atoms with Crippen molar-refractivity contribution >= 4 is 5.97 Å². The highest BCUT2D eigenvalue weighted by Crippen LogP contribution is 2.28. The molecule has 0 radical (unpaired) electrons. The third-order valence-electron chi connectivity index (χ3n) is 3.50. The van der Waals surface area contributed by atoms with E-state index in [2.05, 4.69) is 13.8 Å². The highest BCUT2D eigenvalue weighted by molar-refractivity contribution is 5.76. The molecule has 0 bridgehead atoms. The summed E-state index contributed by atoms with van der Waals surface area (Å²) in [7, 11) is 0. The van der Waals surface area contributed by atoms with Crippen LogP contribution in [0, 0.1) is 17.3 Å². The molecule has 0 fully saturated rings. The Labute approximate surface area is 106 Å². The van der Waals surface area contributed by atoms with E-state index in [1.165, 1.54) is 0 Å². The topological polar surface area (TPSA) is 46.5 Å². The molecular weight excluding hydrogens is 216 g/mol. The van der Waals surface area contributed by atoms with Crippen LogP contribution in [0.4, 0.5) is 0 Å². The number of esters is 1. The molecule has 0 aromatic heterocycles. The van der Waals surface area contributed by atoms with Crippen molar-refractivity contribution in [3.63, 3.8) is 0 Å². The zero-order valence-electron chi connectivity index (χ0n) is 12.1. The van der Waals surface area contributed by atoms with Crippen molar-refractivity contribution in [3.8, 4) is 0 Å². The summed E-state index contributed by atoms with van der Waals surface area (Å²) >= 11 is 0. The maximum atomic E-state index is 12.0. The molecular formula is C14H28O3. The second kappa shape index (κ2) is 7.00. The number of hydrogen-bond acceptors (Lipinski definition) is 3. The summed E-state index contributed by atoms with van der Waals surface area (Å²) in [5.41, 5.74) is -0.833. The van der Waals surface area contributed by atoms with Crippen molar-refractivity contribution < 1.29 is 14.6 Å². The quantitative estimate of drug-likeness (QED) is 0.700. The van der Waals surface area contributed by atoms with Gasteiger partial charge in [-0.1, -0.05) is 40.5 Å². The number of carbonyl (C=O) groups excluding carboxylic acids is 1. The lowest BCUT2D eigenvalue weighted by Gasteiger charge is -2.31. The van der Waals surface area contributed by atoms with Gasteiger partial charge in [0, 0.05) is 0 Å². The second-order valence-corrected chi connectivity index (χ2v) is 5.69. The molecule has 0 aromatic carbocycles. The van der Waals surface area contributed by atoms with Gasteiger partial charge in [-0.05, 0) is 25.7 Å². The first-order valence-electron chi connectivity index (χ1n) is 6.62. The standard InChI is InChI=1S/C14H28O3/c1-7-11(8-2)9-17-13(16)14(5,6)12(15)10(3)4/h10-12,15H,7-9H2,1-6H3. The van der Waals surface area contributed by atoms with Crippen LogP contribution in [0.25, 0.3) is 0 Å². The van der Waals surface area contributed by atoms with E-state index < -0.39 is 11.5 Å². The monoisotopic (exact) mass is 244 g/mol. The van der Waals surface area contributed by atoms with Crippen molar-refractivity contribution in [1.82, 2.24) is 0 Å². The predicted octanol–water partition coefficient (Wildman–Crippen LogP) is 3.01. The van der Waals surface area contributed by atoms with E-state index in [1.54, 1.807) is 13.8 Å². The van der Waals surface area contributed by atoms with Crippen LogP contribution in [-0.2, 0) is 9.53 Å². The fourth-order valence-electron chi connectivity index (χ4n) is 1.86. The first-order valence-corrected chi connectivity index (χ1v) is 6.62. The number of carbonyl (C=O) groups is 1. The third kappa shape index (κ3) is 4.66. The minimum atomic E-state index is -0.833. The Hall–Kier alpha value is -0.570. The van der Waals surface area contributed by atoms with Crippen molar-refractivity contribution in [2.75, 3.05) is 6.61 Å². The summed E-state index contributed by atoms with van der Waals surface area (Å²) in [5.74, 6) is 0.169. The number of hydrogen-bond donors (Lipinski definition) is 1. The molecule has 0 rings (SSSR count). The number of ether oxygens (including phenoxy) is 1. The molecule has 0 saturated carbocycles. The Bertz CT molecular complexity index is 230. The summed E-state index contributed by atoms with van der Waals surface area (Å²) in [6, 6.07) is 0. The molecule has 1 N–H and O–H groups in total. The summed E-state index contributed by atoms with van der Waals surface area (Å²) in [4.78, 5) is 12.0. The van der Waals surface area contributed by atoms with Crippen LogP contribution in [0.2, 0.25) is 0 Å². The van der Waals surface area contributed by atoms with Crippen molar-refractivity contribution in [3.05, 3.63) is 0 Å². The van der Waals surface area contributed by atoms with Gasteiger partial charge in [-0.2, -0.15) is 0 Å². The molecule has 0 saturated heterocycles. The number of aliphatic hydroxyl groups excluding tert-OH is 1. The molecule has 0 aliphatic heterocycles. The Morgan fingerprint density at radius 2 is 1.71 bits per heavy atom. The SMILES string of the molecule is CCC(CC)COC(=O)C(C)(C)C(O)C(C)C. The van der Waals surface area contributed by atoms with Gasteiger partial charge in [0.2, 0.25) is 0 Å². The average molecular weight is 244 g/mol. The van der Waals surface area contributed by atoms with Crippen LogP contribution in [-0.4, -0.2) is 23.8 Å². The molecule has 17 heavy (non-hydrogen) atoms. The van der Waals surface area contributed by atoms with E-state index in [-0.39, 0.29) is 11.9 Å². The van der Waals surface area contributed by atoms with Gasteiger partial charge in [-0.15, -0.1) is 0 Å². The normalized spacial score (nSPS) is 14.2. The Balaban J connectivity index is 4.39. The van der Waals surface area contributed by atoms with Gasteiger partial charge < -0.3 is 9.84 Å². The third-order valence-corrected chi connectivity index (χ3v) is 3.50. The molecule has 0 heterocycles. The van der Waals surface area contributed by atoms with E-state index >= 15 is 0 Å². The van der Waals surface area contributed by atoms with Gasteiger partial charge in [0.05, 0.1) is 18.1 Å². The van der Waals surface area contributed by atoms with Gasteiger partial charge in [0.25, 0.3) is 0 Å². The second-order valence-electron chi connectivity index (χ2n) is 5.69. The zero-order valence-corrected chi connectivity index (χ0v) is 12.1. The summed E-state index contributed by atoms with van der Waals surface area (Å²) < 4.78 is 5.32. The molecule has 0 aromatic rings. The van der Waals surface area contributed by atoms with Crippen LogP contribution in [0.3, 0.4) is 0 Å². The van der Waals surface area contributed by atoms with Crippen molar-refractivity contribution in [1.29, 1.82) is 0 Å². The minimum Gasteiger partial charge on any atom is -0.465 e. The molecule has 3 nitrogen and oxygen atoms in total. The maximum absolute atomic E-state index is 12.0. The summed E-state index contributed by atoms with van der Waals surface area (Å²) in [6.45, 7) is 11.9. The minimum absolute atomic E-state index is 0.0469. The molecule has 1 atom stereocenters. The van der Waals surface area contributed by atoms with Gasteiger partial charge in [-0.3, -0.25) is 4.79 Å². The molecule has 0 aliphatic carbocycles. The maximum Gasteiger partial charge on any atom is 0.314 e. The van der Waals surface area contributed by atoms with Gasteiger partial charge in [0.15, 0.2) is 0 Å². The molecule has 0 amide bonds. The van der Waals surface area contributed by atoms with E-state index in [9.17, 15) is 9.90 Å². The fraction of sp³-hybridized carbons (Fsp3) is 0.929. The van der Waals surface area contributed by atoms with Crippen molar-refractivity contribution in [2.45, 2.75) is 60.5 Å². The molecule has 0 aliphatic rings. The van der Waals surface area contributed by atoms with Gasteiger partial charge >= 0.3 is 5.97 Å². The van der Waals surface area contributed by atoms with Gasteiger partial charge in [0.1, 0.15) is 0 Å².